The second-order valence-electron chi connectivity index (χ2n) is 9.88. The number of aromatic nitrogens is 2. The Morgan fingerprint density at radius 1 is 1.00 bits per heavy atom. The zero-order valence-electron chi connectivity index (χ0n) is 23.5. The Labute approximate surface area is 257 Å². The number of hydrazone groups is 1. The zero-order chi connectivity index (χ0) is 31.3. The van der Waals surface area contributed by atoms with Crippen molar-refractivity contribution in [2.45, 2.75) is 21.5 Å². The Balaban J connectivity index is 1.33. The first-order chi connectivity index (χ1) is 21.1. The van der Waals surface area contributed by atoms with Gasteiger partial charge in [0, 0.05) is 75.9 Å². The molecule has 44 heavy (non-hydrogen) atoms. The number of rotatable bonds is 11. The third-order valence-electron chi connectivity index (χ3n) is 6.93. The highest BCUT2D eigenvalue weighted by Gasteiger charge is 2.32. The van der Waals surface area contributed by atoms with Crippen molar-refractivity contribution in [3.8, 4) is 0 Å². The summed E-state index contributed by atoms with van der Waals surface area (Å²) in [5.41, 5.74) is 3.68. The predicted octanol–water partition coefficient (Wildman–Crippen LogP) is 4.34. The van der Waals surface area contributed by atoms with E-state index < -0.39 is 19.9 Å². The molecule has 0 atom stereocenters. The fourth-order valence-electron chi connectivity index (χ4n) is 4.61. The summed E-state index contributed by atoms with van der Waals surface area (Å²) in [4.78, 5) is 28.5. The van der Waals surface area contributed by atoms with Crippen molar-refractivity contribution < 1.29 is 18.3 Å². The standard InChI is InChI=1S/C28H28N8O6S2/c1-32-12-11-29-28(32)43-26-10-7-22(17-25(26)36(39)40)19-30-31-24-9-8-23(35(37)38)18-27(24)44(41,42)34-15-13-33(14-16-34)20-21-5-3-2-4-6-21/h2-12,17-19,31H,13-16,20H2,1H3/b30-19-. The van der Waals surface area contributed by atoms with Crippen LogP contribution >= 0.6 is 11.8 Å². The lowest BCUT2D eigenvalue weighted by atomic mass is 10.2. The first-order valence-electron chi connectivity index (χ1n) is 13.4. The van der Waals surface area contributed by atoms with Gasteiger partial charge in [0.25, 0.3) is 11.4 Å². The summed E-state index contributed by atoms with van der Waals surface area (Å²) < 4.78 is 30.5. The Morgan fingerprint density at radius 2 is 1.75 bits per heavy atom. The second-order valence-corrected chi connectivity index (χ2v) is 12.8. The minimum absolute atomic E-state index is 0.0371. The van der Waals surface area contributed by atoms with Crippen LogP contribution in [0, 0.1) is 20.2 Å². The molecule has 1 aromatic heterocycles. The molecule has 4 aromatic rings. The quantitative estimate of drug-likeness (QED) is 0.142. The number of benzene rings is 3. The van der Waals surface area contributed by atoms with Crippen molar-refractivity contribution in [1.29, 1.82) is 0 Å². The molecule has 0 radical (unpaired) electrons. The topological polar surface area (TPSA) is 169 Å². The average molecular weight is 637 g/mol. The SMILES string of the molecule is Cn1ccnc1Sc1ccc(/C=N\Nc2ccc([N+](=O)[O-])cc2S(=O)(=O)N2CCN(Cc3ccccc3)CC2)cc1[N+](=O)[O-]. The van der Waals surface area contributed by atoms with Crippen molar-refractivity contribution in [3.05, 3.63) is 110 Å². The molecule has 3 aromatic carbocycles. The number of nitrogens with zero attached hydrogens (tertiary/aromatic N) is 7. The first-order valence-corrected chi connectivity index (χ1v) is 15.6. The Morgan fingerprint density at radius 3 is 2.41 bits per heavy atom. The fraction of sp³-hybridized carbons (Fsp3) is 0.214. The van der Waals surface area contributed by atoms with Gasteiger partial charge < -0.3 is 4.57 Å². The van der Waals surface area contributed by atoms with Gasteiger partial charge in [-0.15, -0.1) is 0 Å². The number of piperazine rings is 1. The number of hydrogen-bond donors (Lipinski definition) is 1. The van der Waals surface area contributed by atoms with Gasteiger partial charge in [-0.25, -0.2) is 13.4 Å². The van der Waals surface area contributed by atoms with Crippen LogP contribution in [0.4, 0.5) is 17.1 Å². The number of imidazole rings is 1. The fourth-order valence-corrected chi connectivity index (χ4v) is 7.08. The molecular formula is C28H28N8O6S2. The van der Waals surface area contributed by atoms with E-state index >= 15 is 0 Å². The lowest BCUT2D eigenvalue weighted by molar-refractivity contribution is -0.387. The van der Waals surface area contributed by atoms with Crippen molar-refractivity contribution in [3.63, 3.8) is 0 Å². The highest BCUT2D eigenvalue weighted by atomic mass is 32.2. The number of aryl methyl sites for hydroxylation is 1. The molecule has 1 fully saturated rings. The van der Waals surface area contributed by atoms with Crippen LogP contribution in [0.5, 0.6) is 0 Å². The first kappa shape index (κ1) is 30.8. The molecule has 228 valence electrons. The minimum Gasteiger partial charge on any atom is -0.329 e. The maximum atomic E-state index is 13.7. The molecule has 5 rings (SSSR count). The summed E-state index contributed by atoms with van der Waals surface area (Å²) in [6, 6.07) is 17.9. The Hall–Kier alpha value is -4.64. The summed E-state index contributed by atoms with van der Waals surface area (Å²) in [6.45, 7) is 2.11. The van der Waals surface area contributed by atoms with E-state index in [-0.39, 0.29) is 35.0 Å². The van der Waals surface area contributed by atoms with E-state index in [0.717, 1.165) is 23.4 Å². The van der Waals surface area contributed by atoms with E-state index in [1.165, 1.54) is 28.7 Å². The normalized spacial score (nSPS) is 14.6. The molecule has 0 aliphatic carbocycles. The van der Waals surface area contributed by atoms with Gasteiger partial charge in [0.1, 0.15) is 4.90 Å². The highest BCUT2D eigenvalue weighted by molar-refractivity contribution is 7.99. The van der Waals surface area contributed by atoms with E-state index in [0.29, 0.717) is 35.2 Å². The van der Waals surface area contributed by atoms with Gasteiger partial charge >= 0.3 is 0 Å². The van der Waals surface area contributed by atoms with Crippen LogP contribution in [0.15, 0.2) is 99.2 Å². The molecular weight excluding hydrogens is 608 g/mol. The lowest BCUT2D eigenvalue weighted by Crippen LogP contribution is -2.48. The molecule has 14 nitrogen and oxygen atoms in total. The Bertz CT molecular complexity index is 1810. The largest absolute Gasteiger partial charge is 0.329 e. The molecule has 16 heteroatoms. The number of sulfonamides is 1. The summed E-state index contributed by atoms with van der Waals surface area (Å²) in [5.74, 6) is 0. The number of nitro groups is 2. The predicted molar refractivity (Wildman–Crippen MR) is 165 cm³/mol. The van der Waals surface area contributed by atoms with Crippen LogP contribution in [-0.2, 0) is 23.6 Å². The van der Waals surface area contributed by atoms with Crippen LogP contribution in [0.1, 0.15) is 11.1 Å². The molecule has 1 N–H and O–H groups in total. The maximum Gasteiger partial charge on any atom is 0.283 e. The van der Waals surface area contributed by atoms with Gasteiger partial charge in [-0.05, 0) is 29.5 Å². The number of non-ortho nitro benzene ring substituents is 1. The van der Waals surface area contributed by atoms with Crippen LogP contribution in [0.2, 0.25) is 0 Å². The monoisotopic (exact) mass is 636 g/mol. The van der Waals surface area contributed by atoms with E-state index in [2.05, 4.69) is 20.4 Å². The lowest BCUT2D eigenvalue weighted by Gasteiger charge is -2.34. The summed E-state index contributed by atoms with van der Waals surface area (Å²) in [6.07, 6.45) is 4.64. The van der Waals surface area contributed by atoms with Crippen molar-refractivity contribution >= 4 is 45.1 Å². The molecule has 0 saturated carbocycles. The zero-order valence-corrected chi connectivity index (χ0v) is 25.1. The molecule has 0 unspecified atom stereocenters. The van der Waals surface area contributed by atoms with E-state index in [1.807, 2.05) is 30.3 Å². The Kier molecular flexibility index (Phi) is 9.34. The van der Waals surface area contributed by atoms with Crippen LogP contribution < -0.4 is 5.43 Å². The van der Waals surface area contributed by atoms with E-state index in [1.54, 1.807) is 36.1 Å². The maximum absolute atomic E-state index is 13.7. The van der Waals surface area contributed by atoms with Crippen LogP contribution in [0.25, 0.3) is 0 Å². The van der Waals surface area contributed by atoms with Crippen molar-refractivity contribution in [2.24, 2.45) is 12.1 Å². The van der Waals surface area contributed by atoms with E-state index in [9.17, 15) is 28.6 Å². The summed E-state index contributed by atoms with van der Waals surface area (Å²) in [7, 11) is -2.34. The third kappa shape index (κ3) is 7.11. The number of anilines is 1. The number of nitrogens with one attached hydrogen (secondary N) is 1. The van der Waals surface area contributed by atoms with E-state index in [4.69, 9.17) is 0 Å². The van der Waals surface area contributed by atoms with Gasteiger partial charge in [0.2, 0.25) is 10.0 Å². The molecule has 0 spiro atoms. The van der Waals surface area contributed by atoms with Gasteiger partial charge in [-0.2, -0.15) is 9.41 Å². The smallest absolute Gasteiger partial charge is 0.283 e. The van der Waals surface area contributed by atoms with Crippen molar-refractivity contribution in [2.75, 3.05) is 31.6 Å². The average Bonchev–Trinajstić information content (AvgIpc) is 3.42. The summed E-state index contributed by atoms with van der Waals surface area (Å²) >= 11 is 1.15. The van der Waals surface area contributed by atoms with Gasteiger partial charge in [0.05, 0.1) is 26.6 Å². The number of hydrogen-bond acceptors (Lipinski definition) is 11. The van der Waals surface area contributed by atoms with Gasteiger partial charge in [0.15, 0.2) is 5.16 Å². The summed E-state index contributed by atoms with van der Waals surface area (Å²) in [5, 5.41) is 27.9. The van der Waals surface area contributed by atoms with Crippen LogP contribution in [-0.4, -0.2) is 69.4 Å². The number of nitro benzene ring substituents is 2. The van der Waals surface area contributed by atoms with Gasteiger partial charge in [-0.3, -0.25) is 30.6 Å². The molecule has 1 aliphatic rings. The third-order valence-corrected chi connectivity index (χ3v) is 10.0. The molecule has 1 aliphatic heterocycles. The molecule has 2 heterocycles. The highest BCUT2D eigenvalue weighted by Crippen LogP contribution is 2.34. The second kappa shape index (κ2) is 13.3. The molecule has 1 saturated heterocycles. The molecule has 0 amide bonds. The van der Waals surface area contributed by atoms with Gasteiger partial charge in [-0.1, -0.05) is 36.4 Å². The molecule has 0 bridgehead atoms. The minimum atomic E-state index is -4.13. The van der Waals surface area contributed by atoms with Crippen molar-refractivity contribution in [1.82, 2.24) is 18.8 Å². The van der Waals surface area contributed by atoms with Crippen LogP contribution in [0.3, 0.4) is 0 Å².